The third kappa shape index (κ3) is 4.21. The van der Waals surface area contributed by atoms with E-state index in [1.807, 2.05) is 0 Å². The molecule has 1 saturated heterocycles. The van der Waals surface area contributed by atoms with Gasteiger partial charge in [0, 0.05) is 31.9 Å². The highest BCUT2D eigenvalue weighted by molar-refractivity contribution is 5.46. The lowest BCUT2D eigenvalue weighted by molar-refractivity contribution is 0.114. The molecule has 0 amide bonds. The molecule has 0 aromatic heterocycles. The van der Waals surface area contributed by atoms with Crippen LogP contribution in [0.25, 0.3) is 0 Å². The van der Waals surface area contributed by atoms with E-state index in [0.29, 0.717) is 0 Å². The summed E-state index contributed by atoms with van der Waals surface area (Å²) < 4.78 is 0. The Labute approximate surface area is 130 Å². The first kappa shape index (κ1) is 16.3. The number of nitrogens with two attached hydrogens (primary N) is 1. The zero-order valence-corrected chi connectivity index (χ0v) is 13.9. The van der Waals surface area contributed by atoms with E-state index in [9.17, 15) is 0 Å². The number of nitrogens with zero attached hydrogens (tertiary/aromatic N) is 2. The molecule has 0 saturated carbocycles. The first-order valence-corrected chi connectivity index (χ1v) is 8.26. The lowest BCUT2D eigenvalue weighted by atomic mass is 9.90. The van der Waals surface area contributed by atoms with Gasteiger partial charge in [-0.15, -0.1) is 0 Å². The third-order valence-electron chi connectivity index (χ3n) is 4.85. The van der Waals surface area contributed by atoms with Crippen molar-refractivity contribution in [2.24, 2.45) is 5.73 Å². The minimum Gasteiger partial charge on any atom is -0.378 e. The molecule has 1 fully saturated rings. The first-order chi connectivity index (χ1) is 10.0. The molecule has 2 N–H and O–H groups in total. The van der Waals surface area contributed by atoms with Crippen molar-refractivity contribution in [3.63, 3.8) is 0 Å². The van der Waals surface area contributed by atoms with Crippen molar-refractivity contribution in [3.8, 4) is 0 Å². The van der Waals surface area contributed by atoms with Crippen molar-refractivity contribution in [2.75, 3.05) is 38.6 Å². The quantitative estimate of drug-likeness (QED) is 0.904. The van der Waals surface area contributed by atoms with Gasteiger partial charge in [0.15, 0.2) is 0 Å². The van der Waals surface area contributed by atoms with Crippen molar-refractivity contribution >= 4 is 5.69 Å². The number of benzene rings is 1. The van der Waals surface area contributed by atoms with Gasteiger partial charge in [0.1, 0.15) is 0 Å². The molecule has 118 valence electrons. The second-order valence-electron chi connectivity index (χ2n) is 6.84. The summed E-state index contributed by atoms with van der Waals surface area (Å²) in [6.45, 7) is 5.45. The molecule has 1 aliphatic heterocycles. The van der Waals surface area contributed by atoms with Gasteiger partial charge in [0.25, 0.3) is 0 Å². The number of hydrogen-bond acceptors (Lipinski definition) is 3. The van der Waals surface area contributed by atoms with Crippen LogP contribution in [0, 0.1) is 0 Å². The van der Waals surface area contributed by atoms with Gasteiger partial charge < -0.3 is 10.6 Å². The van der Waals surface area contributed by atoms with Crippen LogP contribution in [-0.4, -0.2) is 44.2 Å². The largest absolute Gasteiger partial charge is 0.378 e. The highest BCUT2D eigenvalue weighted by Gasteiger charge is 2.30. The molecule has 2 rings (SSSR count). The van der Waals surface area contributed by atoms with E-state index < -0.39 is 0 Å². The fourth-order valence-electron chi connectivity index (χ4n) is 3.28. The number of rotatable bonds is 5. The average molecular weight is 289 g/mol. The molecule has 0 spiro atoms. The average Bonchev–Trinajstić information content (AvgIpc) is 2.77. The summed E-state index contributed by atoms with van der Waals surface area (Å²) in [7, 11) is 4.16. The molecule has 0 aliphatic carbocycles. The van der Waals surface area contributed by atoms with E-state index in [1.165, 1.54) is 50.0 Å². The summed E-state index contributed by atoms with van der Waals surface area (Å²) >= 11 is 0. The van der Waals surface area contributed by atoms with Gasteiger partial charge in [-0.1, -0.05) is 25.0 Å². The summed E-state index contributed by atoms with van der Waals surface area (Å²) in [5, 5.41) is 0. The van der Waals surface area contributed by atoms with Gasteiger partial charge in [-0.05, 0) is 57.0 Å². The topological polar surface area (TPSA) is 32.5 Å². The van der Waals surface area contributed by atoms with Crippen LogP contribution in [0.3, 0.4) is 0 Å². The molecule has 0 radical (unpaired) electrons. The van der Waals surface area contributed by atoms with Gasteiger partial charge in [-0.3, -0.25) is 4.90 Å². The molecule has 0 bridgehead atoms. The first-order valence-electron chi connectivity index (χ1n) is 8.26. The Kier molecular flexibility index (Phi) is 5.65. The van der Waals surface area contributed by atoms with Crippen LogP contribution in [0.15, 0.2) is 24.3 Å². The van der Waals surface area contributed by atoms with Crippen LogP contribution < -0.4 is 10.6 Å². The Hall–Kier alpha value is -1.06. The Bertz CT molecular complexity index is 419. The lowest BCUT2D eigenvalue weighted by Gasteiger charge is -2.40. The van der Waals surface area contributed by atoms with Gasteiger partial charge in [0.05, 0.1) is 0 Å². The smallest absolute Gasteiger partial charge is 0.0361 e. The van der Waals surface area contributed by atoms with E-state index in [2.05, 4.69) is 55.1 Å². The van der Waals surface area contributed by atoms with Crippen molar-refractivity contribution in [1.82, 2.24) is 4.90 Å². The maximum Gasteiger partial charge on any atom is 0.0361 e. The van der Waals surface area contributed by atoms with Crippen molar-refractivity contribution < 1.29 is 0 Å². The molecule has 3 nitrogen and oxygen atoms in total. The monoisotopic (exact) mass is 289 g/mol. The Morgan fingerprint density at radius 3 is 2.10 bits per heavy atom. The van der Waals surface area contributed by atoms with Gasteiger partial charge in [-0.2, -0.15) is 0 Å². The van der Waals surface area contributed by atoms with Crippen LogP contribution >= 0.6 is 0 Å². The second-order valence-corrected chi connectivity index (χ2v) is 6.84. The van der Waals surface area contributed by atoms with Crippen LogP contribution in [0.5, 0.6) is 0 Å². The van der Waals surface area contributed by atoms with Crippen LogP contribution in [0.4, 0.5) is 5.69 Å². The van der Waals surface area contributed by atoms with E-state index in [-0.39, 0.29) is 5.54 Å². The highest BCUT2D eigenvalue weighted by atomic mass is 15.2. The van der Waals surface area contributed by atoms with E-state index in [1.54, 1.807) is 0 Å². The molecule has 21 heavy (non-hydrogen) atoms. The fraction of sp³-hybridized carbons (Fsp3) is 0.667. The summed E-state index contributed by atoms with van der Waals surface area (Å²) in [4.78, 5) is 4.76. The lowest BCUT2D eigenvalue weighted by Crippen LogP contribution is -2.53. The highest BCUT2D eigenvalue weighted by Crippen LogP contribution is 2.25. The third-order valence-corrected chi connectivity index (χ3v) is 4.85. The van der Waals surface area contributed by atoms with Crippen LogP contribution in [-0.2, 0) is 6.42 Å². The summed E-state index contributed by atoms with van der Waals surface area (Å²) in [5.41, 5.74) is 8.89. The minimum atomic E-state index is 0.0873. The number of hydrogen-bond donors (Lipinski definition) is 1. The maximum atomic E-state index is 6.16. The fourth-order valence-corrected chi connectivity index (χ4v) is 3.28. The van der Waals surface area contributed by atoms with Gasteiger partial charge >= 0.3 is 0 Å². The van der Waals surface area contributed by atoms with Crippen molar-refractivity contribution in [2.45, 2.75) is 44.6 Å². The Morgan fingerprint density at radius 1 is 1.05 bits per heavy atom. The van der Waals surface area contributed by atoms with E-state index in [0.717, 1.165) is 13.0 Å². The maximum absolute atomic E-state index is 6.16. The zero-order valence-electron chi connectivity index (χ0n) is 13.9. The molecule has 1 aromatic carbocycles. The zero-order chi connectivity index (χ0) is 15.3. The predicted octanol–water partition coefficient (Wildman–Crippen LogP) is 2.89. The molecule has 1 atom stereocenters. The molecule has 1 aromatic rings. The predicted molar refractivity (Wildman–Crippen MR) is 92.0 cm³/mol. The van der Waals surface area contributed by atoms with Crippen LogP contribution in [0.2, 0.25) is 0 Å². The molecular weight excluding hydrogens is 258 g/mol. The Morgan fingerprint density at radius 2 is 1.62 bits per heavy atom. The molecule has 1 heterocycles. The summed E-state index contributed by atoms with van der Waals surface area (Å²) in [5.74, 6) is 0. The SMILES string of the molecule is CN(C)c1ccc(CC(C)(CN)N2CCCCCC2)cc1. The summed E-state index contributed by atoms with van der Waals surface area (Å²) in [6.07, 6.45) is 6.41. The number of anilines is 1. The van der Waals surface area contributed by atoms with Crippen molar-refractivity contribution in [1.29, 1.82) is 0 Å². The van der Waals surface area contributed by atoms with Crippen LogP contribution in [0.1, 0.15) is 38.2 Å². The normalized spacial score (nSPS) is 19.8. The molecule has 3 heteroatoms. The van der Waals surface area contributed by atoms with Gasteiger partial charge in [0.2, 0.25) is 0 Å². The van der Waals surface area contributed by atoms with E-state index in [4.69, 9.17) is 5.73 Å². The second kappa shape index (κ2) is 7.28. The van der Waals surface area contributed by atoms with Gasteiger partial charge in [-0.25, -0.2) is 0 Å². The number of likely N-dealkylation sites (tertiary alicyclic amines) is 1. The molecular formula is C18H31N3. The minimum absolute atomic E-state index is 0.0873. The Balaban J connectivity index is 2.09. The van der Waals surface area contributed by atoms with Crippen molar-refractivity contribution in [3.05, 3.63) is 29.8 Å². The standard InChI is InChI=1S/C18H31N3/c1-18(15-19,21-12-6-4-5-7-13-21)14-16-8-10-17(11-9-16)20(2)3/h8-11H,4-7,12-15,19H2,1-3H3. The van der Waals surface area contributed by atoms with E-state index >= 15 is 0 Å². The molecule has 1 aliphatic rings. The summed E-state index contributed by atoms with van der Waals surface area (Å²) in [6, 6.07) is 8.91. The molecule has 1 unspecified atom stereocenters.